The molecule has 1 aromatic carbocycles. The van der Waals surface area contributed by atoms with E-state index in [1.54, 1.807) is 6.20 Å². The van der Waals surface area contributed by atoms with Gasteiger partial charge in [0.2, 0.25) is 5.91 Å². The number of nitrogens with one attached hydrogen (secondary N) is 1. The van der Waals surface area contributed by atoms with Gasteiger partial charge < -0.3 is 15.5 Å². The standard InChI is InChI=1S/C25H32N2O3S/c1-14-13-26-24(31-14)27-22(30)8-4-16-12-21(29)25(2)10-9-19-18-7-5-17(28)11-15(18)3-6-20(19)23(16)25/h5,7,11,13,16,19-21,23,28-29H,3-4,6,8-10,12H2,1-2H3,(H,26,27,30)/t16-,19?,20?,21?,23?,25-/m1/s1. The first-order valence-electron chi connectivity index (χ1n) is 11.6. The summed E-state index contributed by atoms with van der Waals surface area (Å²) < 4.78 is 0. The normalized spacial score (nSPS) is 34.0. The average molecular weight is 441 g/mol. The molecule has 2 saturated carbocycles. The van der Waals surface area contributed by atoms with Crippen molar-refractivity contribution in [1.29, 1.82) is 0 Å². The second-order valence-electron chi connectivity index (χ2n) is 10.1. The van der Waals surface area contributed by atoms with Crippen LogP contribution in [-0.4, -0.2) is 27.2 Å². The van der Waals surface area contributed by atoms with Crippen molar-refractivity contribution in [2.24, 2.45) is 23.2 Å². The molecule has 0 saturated heterocycles. The number of carbonyl (C=O) groups is 1. The largest absolute Gasteiger partial charge is 0.508 e. The fraction of sp³-hybridized carbons (Fsp3) is 0.600. The zero-order chi connectivity index (χ0) is 21.8. The summed E-state index contributed by atoms with van der Waals surface area (Å²) in [5.74, 6) is 2.24. The number of fused-ring (bicyclic) bond motifs is 5. The van der Waals surface area contributed by atoms with Gasteiger partial charge in [0.1, 0.15) is 5.75 Å². The number of hydrogen-bond donors (Lipinski definition) is 3. The summed E-state index contributed by atoms with van der Waals surface area (Å²) in [4.78, 5) is 17.9. The molecule has 0 aliphatic heterocycles. The molecule has 5 nitrogen and oxygen atoms in total. The van der Waals surface area contributed by atoms with E-state index >= 15 is 0 Å². The topological polar surface area (TPSA) is 82.5 Å². The number of aliphatic hydroxyl groups excluding tert-OH is 1. The van der Waals surface area contributed by atoms with Crippen LogP contribution in [0, 0.1) is 30.1 Å². The Balaban J connectivity index is 1.33. The van der Waals surface area contributed by atoms with Gasteiger partial charge in [-0.05, 0) is 97.8 Å². The molecule has 4 unspecified atom stereocenters. The molecule has 0 bridgehead atoms. The van der Waals surface area contributed by atoms with Crippen LogP contribution in [0.2, 0.25) is 0 Å². The summed E-state index contributed by atoms with van der Waals surface area (Å²) in [6, 6.07) is 5.87. The monoisotopic (exact) mass is 440 g/mol. The first-order valence-corrected chi connectivity index (χ1v) is 12.4. The maximum Gasteiger partial charge on any atom is 0.226 e. The summed E-state index contributed by atoms with van der Waals surface area (Å²) in [5, 5.41) is 24.6. The Morgan fingerprint density at radius 3 is 2.97 bits per heavy atom. The Morgan fingerprint density at radius 1 is 1.35 bits per heavy atom. The maximum atomic E-state index is 12.5. The smallest absolute Gasteiger partial charge is 0.226 e. The third-order valence-electron chi connectivity index (χ3n) is 8.41. The van der Waals surface area contributed by atoms with E-state index in [1.165, 1.54) is 22.5 Å². The number of aromatic hydroxyl groups is 1. The van der Waals surface area contributed by atoms with E-state index in [0.717, 1.165) is 43.4 Å². The lowest BCUT2D eigenvalue weighted by molar-refractivity contribution is -0.116. The Morgan fingerprint density at radius 2 is 2.19 bits per heavy atom. The minimum Gasteiger partial charge on any atom is -0.508 e. The van der Waals surface area contributed by atoms with E-state index in [1.807, 2.05) is 19.1 Å². The van der Waals surface area contributed by atoms with E-state index < -0.39 is 0 Å². The van der Waals surface area contributed by atoms with E-state index in [4.69, 9.17) is 0 Å². The number of amides is 1. The van der Waals surface area contributed by atoms with Gasteiger partial charge in [-0.1, -0.05) is 13.0 Å². The number of aromatic nitrogens is 1. The molecule has 2 fully saturated rings. The van der Waals surface area contributed by atoms with Crippen molar-refractivity contribution < 1.29 is 15.0 Å². The Kier molecular flexibility index (Phi) is 5.33. The number of anilines is 1. The van der Waals surface area contributed by atoms with Gasteiger partial charge in [-0.15, -0.1) is 11.3 Å². The molecule has 1 heterocycles. The number of nitrogens with zero attached hydrogens (tertiary/aromatic N) is 1. The van der Waals surface area contributed by atoms with Crippen LogP contribution >= 0.6 is 11.3 Å². The minimum atomic E-state index is -0.283. The van der Waals surface area contributed by atoms with Gasteiger partial charge in [-0.2, -0.15) is 0 Å². The highest BCUT2D eigenvalue weighted by Crippen LogP contribution is 2.63. The van der Waals surface area contributed by atoms with Crippen LogP contribution in [0.1, 0.15) is 67.4 Å². The summed E-state index contributed by atoms with van der Waals surface area (Å²) in [6.45, 7) is 4.26. The van der Waals surface area contributed by atoms with Crippen molar-refractivity contribution in [2.75, 3.05) is 5.32 Å². The Hall–Kier alpha value is -1.92. The van der Waals surface area contributed by atoms with Crippen LogP contribution in [-0.2, 0) is 11.2 Å². The molecule has 3 aliphatic carbocycles. The summed E-state index contributed by atoms with van der Waals surface area (Å²) in [7, 11) is 0. The highest BCUT2D eigenvalue weighted by Gasteiger charge is 2.58. The van der Waals surface area contributed by atoms with Gasteiger partial charge >= 0.3 is 0 Å². The number of aryl methyl sites for hydroxylation is 2. The number of carbonyl (C=O) groups excluding carboxylic acids is 1. The predicted molar refractivity (Wildman–Crippen MR) is 122 cm³/mol. The molecule has 166 valence electrons. The van der Waals surface area contributed by atoms with Crippen molar-refractivity contribution in [3.05, 3.63) is 40.4 Å². The van der Waals surface area contributed by atoms with E-state index in [2.05, 4.69) is 23.3 Å². The molecule has 2 aromatic rings. The average Bonchev–Trinajstić information content (AvgIpc) is 3.25. The number of aliphatic hydroxyl groups is 1. The molecular formula is C25H32N2O3S. The van der Waals surface area contributed by atoms with Gasteiger partial charge in [-0.3, -0.25) is 4.79 Å². The van der Waals surface area contributed by atoms with Gasteiger partial charge in [0.15, 0.2) is 5.13 Å². The summed E-state index contributed by atoms with van der Waals surface area (Å²) >= 11 is 1.50. The van der Waals surface area contributed by atoms with Gasteiger partial charge in [0, 0.05) is 17.5 Å². The lowest BCUT2D eigenvalue weighted by atomic mass is 9.54. The number of hydrogen-bond acceptors (Lipinski definition) is 5. The fourth-order valence-electron chi connectivity index (χ4n) is 7.03. The molecule has 6 atom stereocenters. The van der Waals surface area contributed by atoms with E-state index in [-0.39, 0.29) is 17.4 Å². The lowest BCUT2D eigenvalue weighted by Gasteiger charge is -2.51. The fourth-order valence-corrected chi connectivity index (χ4v) is 7.71. The third-order valence-corrected chi connectivity index (χ3v) is 9.24. The molecule has 3 aliphatic rings. The molecule has 0 radical (unpaired) electrons. The van der Waals surface area contributed by atoms with E-state index in [9.17, 15) is 15.0 Å². The number of thiazole rings is 1. The molecule has 1 aromatic heterocycles. The van der Waals surface area contributed by atoms with Crippen LogP contribution in [0.15, 0.2) is 24.4 Å². The van der Waals surface area contributed by atoms with Crippen LogP contribution in [0.3, 0.4) is 0 Å². The molecule has 0 spiro atoms. The highest BCUT2D eigenvalue weighted by molar-refractivity contribution is 7.15. The molecule has 3 N–H and O–H groups in total. The summed E-state index contributed by atoms with van der Waals surface area (Å²) in [5.41, 5.74) is 2.63. The number of benzene rings is 1. The predicted octanol–water partition coefficient (Wildman–Crippen LogP) is 5.02. The Labute approximate surface area is 187 Å². The van der Waals surface area contributed by atoms with Crippen molar-refractivity contribution in [1.82, 2.24) is 4.98 Å². The van der Waals surface area contributed by atoms with Gasteiger partial charge in [0.25, 0.3) is 0 Å². The van der Waals surface area contributed by atoms with Crippen molar-refractivity contribution >= 4 is 22.4 Å². The van der Waals surface area contributed by atoms with Crippen molar-refractivity contribution in [3.63, 3.8) is 0 Å². The number of phenolic OH excluding ortho intramolecular Hbond substituents is 1. The quantitative estimate of drug-likeness (QED) is 0.623. The van der Waals surface area contributed by atoms with Crippen LogP contribution < -0.4 is 5.32 Å². The van der Waals surface area contributed by atoms with Gasteiger partial charge in [0.05, 0.1) is 6.10 Å². The second-order valence-corrected chi connectivity index (χ2v) is 11.4. The zero-order valence-electron chi connectivity index (χ0n) is 18.3. The van der Waals surface area contributed by atoms with Crippen LogP contribution in [0.4, 0.5) is 5.13 Å². The molecular weight excluding hydrogens is 408 g/mol. The van der Waals surface area contributed by atoms with Crippen molar-refractivity contribution in [3.8, 4) is 5.75 Å². The van der Waals surface area contributed by atoms with E-state index in [0.29, 0.717) is 41.0 Å². The summed E-state index contributed by atoms with van der Waals surface area (Å²) in [6.07, 6.45) is 7.82. The van der Waals surface area contributed by atoms with Crippen molar-refractivity contribution in [2.45, 2.75) is 70.8 Å². The number of rotatable bonds is 4. The third kappa shape index (κ3) is 3.68. The maximum absolute atomic E-state index is 12.5. The first kappa shape index (κ1) is 21.0. The molecule has 5 rings (SSSR count). The molecule has 31 heavy (non-hydrogen) atoms. The zero-order valence-corrected chi connectivity index (χ0v) is 19.1. The van der Waals surface area contributed by atoms with Crippen LogP contribution in [0.5, 0.6) is 5.75 Å². The highest BCUT2D eigenvalue weighted by atomic mass is 32.1. The number of phenols is 1. The SMILES string of the molecule is Cc1cnc(NC(=O)CC[C@@H]2CC(O)[C@@]3(C)CCC4c5ccc(O)cc5CCC4C23)s1. The minimum absolute atomic E-state index is 0.0225. The second kappa shape index (κ2) is 7.89. The Bertz CT molecular complexity index is 989. The van der Waals surface area contributed by atoms with Crippen LogP contribution in [0.25, 0.3) is 0 Å². The lowest BCUT2D eigenvalue weighted by Crippen LogP contribution is -2.45. The molecule has 6 heteroatoms. The first-order chi connectivity index (χ1) is 14.8. The van der Waals surface area contributed by atoms with Gasteiger partial charge in [-0.25, -0.2) is 4.98 Å². The molecule has 1 amide bonds.